The van der Waals surface area contributed by atoms with E-state index in [0.717, 1.165) is 64.6 Å². The highest BCUT2D eigenvalue weighted by atomic mass is 31.2. The van der Waals surface area contributed by atoms with Crippen molar-refractivity contribution in [1.29, 1.82) is 0 Å². The zero-order chi connectivity index (χ0) is 114. The maximum absolute atomic E-state index is 12.8. The number of carbonyl (C=O) groups is 7. The summed E-state index contributed by atoms with van der Waals surface area (Å²) in [6.45, 7) is 39.7. The number of carbonyl (C=O) groups excluding carboxylic acids is 20. The third kappa shape index (κ3) is 103. The van der Waals surface area contributed by atoms with Crippen LogP contribution in [0.5, 0.6) is 0 Å². The molecule has 4 rings (SSSR count). The van der Waals surface area contributed by atoms with Gasteiger partial charge in [-0.15, -0.1) is 0 Å². The largest absolute Gasteiger partial charge is 0.756 e. The lowest BCUT2D eigenvalue weighted by Gasteiger charge is -2.42. The summed E-state index contributed by atoms with van der Waals surface area (Å²) in [4.78, 5) is 276. The van der Waals surface area contributed by atoms with Gasteiger partial charge in [-0.05, 0) is 147 Å². The molecule has 2 aliphatic rings. The Balaban J connectivity index is -0.000000170. The smallest absolute Gasteiger partial charge is 0.373 e. The van der Waals surface area contributed by atoms with Crippen molar-refractivity contribution in [3.8, 4) is 0 Å². The Morgan fingerprint density at radius 3 is 0.959 bits per heavy atom. The molecule has 51 nitrogen and oxygen atoms in total. The highest BCUT2D eigenvalue weighted by Gasteiger charge is 2.40. The number of carboxylic acids is 5. The van der Waals surface area contributed by atoms with Crippen molar-refractivity contribution in [1.82, 2.24) is 63.7 Å². The van der Waals surface area contributed by atoms with E-state index in [9.17, 15) is 62.7 Å². The summed E-state index contributed by atoms with van der Waals surface area (Å²) in [5, 5.41) is 45.0. The van der Waals surface area contributed by atoms with Crippen molar-refractivity contribution < 1.29 is 182 Å². The topological polar surface area (TPSA) is 687 Å². The molecular weight excluding hydrogens is 1970 g/mol. The van der Waals surface area contributed by atoms with Crippen molar-refractivity contribution in [2.45, 2.75) is 152 Å². The summed E-state index contributed by atoms with van der Waals surface area (Å²) >= 11 is 0. The monoisotopic (exact) mass is 2130 g/mol. The lowest BCUT2D eigenvalue weighted by molar-refractivity contribution is -0.235. The van der Waals surface area contributed by atoms with Crippen LogP contribution in [-0.4, -0.2) is 470 Å². The van der Waals surface area contributed by atoms with Crippen LogP contribution < -0.4 is 9.79 Å². The summed E-state index contributed by atoms with van der Waals surface area (Å²) < 4.78 is 45.7. The van der Waals surface area contributed by atoms with Crippen LogP contribution in [0.15, 0.2) is 60.7 Å². The van der Waals surface area contributed by atoms with E-state index in [-0.39, 0.29) is 150 Å². The predicted molar refractivity (Wildman–Crippen MR) is 513 cm³/mol. The van der Waals surface area contributed by atoms with E-state index in [1.165, 1.54) is 11.1 Å². The van der Waals surface area contributed by atoms with Crippen molar-refractivity contribution >= 4 is 112 Å². The van der Waals surface area contributed by atoms with Crippen molar-refractivity contribution in [3.63, 3.8) is 0 Å². The zero-order valence-corrected chi connectivity index (χ0v) is 89.5. The normalized spacial score (nSPS) is 14.1. The summed E-state index contributed by atoms with van der Waals surface area (Å²) in [6, 6.07) is 20.6. The Morgan fingerprint density at radius 1 is 0.397 bits per heavy atom. The molecule has 5 N–H and O–H groups in total. The average molecular weight is 2130 g/mol. The van der Waals surface area contributed by atoms with Gasteiger partial charge in [0, 0.05) is 147 Å². The molecule has 1 saturated carbocycles. The molecule has 2 aromatic carbocycles. The molecule has 1 heterocycles. The third-order valence-corrected chi connectivity index (χ3v) is 22.3. The number of ketones is 2. The number of rotatable bonds is 48. The second-order valence-corrected chi connectivity index (χ2v) is 37.2. The highest BCUT2D eigenvalue weighted by Crippen LogP contribution is 2.50. The van der Waals surface area contributed by atoms with Gasteiger partial charge in [-0.25, -0.2) is 0 Å². The first-order chi connectivity index (χ1) is 67.7. The van der Waals surface area contributed by atoms with Gasteiger partial charge in [-0.1, -0.05) is 137 Å². The van der Waals surface area contributed by atoms with Gasteiger partial charge in [0.1, 0.15) is 11.6 Å². The molecule has 0 radical (unpaired) electrons. The number of carboxylic acid groups (broad SMARTS) is 5. The molecular formula is C93H159N13O38P2-2. The number of benzene rings is 2. The van der Waals surface area contributed by atoms with Crippen LogP contribution in [0, 0.1) is 17.8 Å². The molecule has 0 bridgehead atoms. The molecule has 0 spiro atoms. The van der Waals surface area contributed by atoms with Gasteiger partial charge in [0.15, 0.2) is 0 Å². The highest BCUT2D eigenvalue weighted by molar-refractivity contribution is 7.46. The molecule has 4 unspecified atom stereocenters. The number of likely N-dealkylation sites (N-methyl/N-ethyl adjacent to an activating group) is 9. The number of phosphoric acid groups is 2. The maximum atomic E-state index is 12.8. The molecule has 0 amide bonds. The quantitative estimate of drug-likeness (QED) is 0.0577. The standard InChI is InChI=1S/C29H44N3O6P.C19H36N4O5.C16H31N3O5.C15H36N3O4P.C4H10.9CO2.CH4/c1-30(2)26(21-31(3)19-20-32(4)22-28(33)34)23-37-39(35,36)38-27-15-17-29(18-16-27,24-11-7-5-8-12-24)25-13-9-6-10-14-25;1-4-20-5-7-22(14-18(25)26)11-9-21(13-17(24)16(2)3)10-12-23(8-6-20)15-19(27)28;1-5-18(12-16(23)24)8-9-19(10-14(20)13(2)3)7-6-17(4)11-15(21)22;1-9-17(7)10-11-18(8)12-14(16(5)6)13-21-23(19,20)22-15(2,3)4;1-4(2)3;9*2-1-3;/h5-14,26-27H,15-23H2,1-4H3,(H,33,34)(H,35,36);16H,4-15H2,1-3H3,(H,25,26)(H,27,28);13H,5-12H2,1-4H3,(H,21,22)(H,23,24);14H,9-13H2,1-8H3,(H,19,20);4H,1-3H3;;;;;;;;;;1H4/p-2. The van der Waals surface area contributed by atoms with Crippen LogP contribution in [0.2, 0.25) is 0 Å². The van der Waals surface area contributed by atoms with Crippen LogP contribution in [0.3, 0.4) is 0 Å². The third-order valence-electron chi connectivity index (χ3n) is 20.0. The van der Waals surface area contributed by atoms with Gasteiger partial charge in [0.2, 0.25) is 0 Å². The zero-order valence-electron chi connectivity index (χ0n) is 87.7. The van der Waals surface area contributed by atoms with Gasteiger partial charge in [0.25, 0.3) is 15.6 Å². The van der Waals surface area contributed by atoms with E-state index in [1.807, 2.05) is 130 Å². The minimum absolute atomic E-state index is 0. The van der Waals surface area contributed by atoms with Crippen LogP contribution in [-0.2, 0) is 153 Å². The van der Waals surface area contributed by atoms with Crippen LogP contribution in [0.25, 0.3) is 0 Å². The fourth-order valence-electron chi connectivity index (χ4n) is 12.4. The van der Waals surface area contributed by atoms with Gasteiger partial charge >= 0.3 is 85.2 Å². The van der Waals surface area contributed by atoms with Crippen LogP contribution in [0.1, 0.15) is 134 Å². The summed E-state index contributed by atoms with van der Waals surface area (Å²) in [5.41, 5.74) is 1.52. The van der Waals surface area contributed by atoms with Crippen molar-refractivity contribution in [3.05, 3.63) is 71.8 Å². The van der Waals surface area contributed by atoms with E-state index in [2.05, 4.69) is 98.0 Å². The van der Waals surface area contributed by atoms with Crippen molar-refractivity contribution in [2.24, 2.45) is 17.8 Å². The molecule has 0 aromatic heterocycles. The lowest BCUT2D eigenvalue weighted by atomic mass is 9.65. The Bertz CT molecular complexity index is 3910. The van der Waals surface area contributed by atoms with E-state index >= 15 is 0 Å². The molecule has 146 heavy (non-hydrogen) atoms. The fourth-order valence-corrected chi connectivity index (χ4v) is 14.5. The van der Waals surface area contributed by atoms with Gasteiger partial charge in [-0.2, -0.15) is 86.3 Å². The molecule has 836 valence electrons. The molecule has 53 heteroatoms. The maximum Gasteiger partial charge on any atom is 0.373 e. The fraction of sp³-hybridized carbons (Fsp3) is 0.699. The molecule has 1 saturated heterocycles. The van der Waals surface area contributed by atoms with E-state index in [0.29, 0.717) is 118 Å². The van der Waals surface area contributed by atoms with E-state index < -0.39 is 57.2 Å². The summed E-state index contributed by atoms with van der Waals surface area (Å²) in [5.74, 6) is -3.37. The Kier molecular flexibility index (Phi) is 108. The average Bonchev–Trinajstić information content (AvgIpc) is 0.766. The molecule has 2 fully saturated rings. The first kappa shape index (κ1) is 158. The second kappa shape index (κ2) is 100. The van der Waals surface area contributed by atoms with E-state index in [4.69, 9.17) is 120 Å². The Morgan fingerprint density at radius 2 is 0.678 bits per heavy atom. The van der Waals surface area contributed by atoms with Crippen molar-refractivity contribution in [2.75, 3.05) is 260 Å². The summed E-state index contributed by atoms with van der Waals surface area (Å²) in [7, 11) is 8.31. The molecule has 2 aromatic rings. The minimum Gasteiger partial charge on any atom is -0.756 e. The SMILES string of the molecule is C.CC(C)C.CCN(C)CCN(C)CC(COP(=O)([O-])OC(C)(C)C)N(C)C.CCN(CCN(CCN(C)CC(=O)O)CC(=O)C(C)C)CC(=O)O.CCN1CCN(CC(=O)O)CCN(CC(=O)C(C)C)CCN(CC(=O)O)CC1.CN(CCN(C)CC(COP(=O)([O-])OC1CCC(c2ccccc2)(c2ccccc2)CC1)N(C)C)CC(=O)O.O=C=O.O=C=O.O=C=O.O=C=O.O=C=O.O=C=O.O=C=O.O=C=O.O=C=O. The van der Waals surface area contributed by atoms with Gasteiger partial charge in [-0.3, -0.25) is 77.0 Å². The molecule has 1 aliphatic carbocycles. The molecule has 4 atom stereocenters. The first-order valence-corrected chi connectivity index (χ1v) is 48.2. The Hall–Kier alpha value is -10.7. The first-order valence-electron chi connectivity index (χ1n) is 45.3. The van der Waals surface area contributed by atoms with Crippen LogP contribution >= 0.6 is 15.6 Å². The predicted octanol–water partition coefficient (Wildman–Crippen LogP) is 1.00. The second-order valence-electron chi connectivity index (χ2n) is 34.5. The molecule has 1 aliphatic heterocycles. The van der Waals surface area contributed by atoms with Gasteiger partial charge in [0.05, 0.1) is 70.7 Å². The van der Waals surface area contributed by atoms with E-state index in [1.54, 1.807) is 49.6 Å². The number of aliphatic carboxylic acids is 5. The number of hydrogen-bond donors (Lipinski definition) is 5. The Labute approximate surface area is 856 Å². The number of Topliss-reactive ketones (excluding diaryl/α,β-unsaturated/α-hetero) is 2. The number of hydrogen-bond acceptors (Lipinski definition) is 46. The minimum atomic E-state index is -4.50. The number of nitrogens with zero attached hydrogens (tertiary/aromatic N) is 13. The van der Waals surface area contributed by atoms with Crippen LogP contribution in [0.4, 0.5) is 0 Å². The lowest BCUT2D eigenvalue weighted by Crippen LogP contribution is -2.48. The summed E-state index contributed by atoms with van der Waals surface area (Å²) in [6.07, 6.45) is 4.63. The number of phosphoric ester groups is 2. The van der Waals surface area contributed by atoms with Gasteiger partial charge < -0.3 is 82.8 Å².